The van der Waals surface area contributed by atoms with Gasteiger partial charge in [0.2, 0.25) is 11.8 Å². The number of rotatable bonds is 8. The number of carbonyl (C=O) groups excluding carboxylic acids is 1. The minimum atomic E-state index is -4.65. The fraction of sp³-hybridized carbons (Fsp3) is 0.409. The number of nitrogens with one attached hydrogen (secondary N) is 2. The highest BCUT2D eigenvalue weighted by molar-refractivity contribution is 6.08. The lowest BCUT2D eigenvalue weighted by molar-refractivity contribution is -0.144. The molecule has 1 aliphatic rings. The van der Waals surface area contributed by atoms with Gasteiger partial charge in [-0.25, -0.2) is 15.0 Å². The summed E-state index contributed by atoms with van der Waals surface area (Å²) >= 11 is 0. The molecule has 38 heavy (non-hydrogen) atoms. The maximum absolute atomic E-state index is 12.8. The van der Waals surface area contributed by atoms with Crippen LogP contribution in [0.3, 0.4) is 0 Å². The van der Waals surface area contributed by atoms with E-state index in [9.17, 15) is 31.1 Å². The number of amides is 1. The van der Waals surface area contributed by atoms with Crippen LogP contribution in [-0.2, 0) is 6.18 Å². The van der Waals surface area contributed by atoms with E-state index in [4.69, 9.17) is 9.26 Å². The van der Waals surface area contributed by atoms with Crippen molar-refractivity contribution in [2.24, 2.45) is 5.92 Å². The van der Waals surface area contributed by atoms with Gasteiger partial charge in [-0.05, 0) is 26.0 Å². The molecule has 0 radical (unpaired) electrons. The second-order valence-corrected chi connectivity index (χ2v) is 8.54. The molecule has 2 N–H and O–H groups in total. The molecule has 0 bridgehead atoms. The number of aryl methyl sites for hydroxylation is 1. The van der Waals surface area contributed by atoms with Gasteiger partial charge in [0, 0.05) is 18.5 Å². The normalized spacial score (nSPS) is 16.4. The van der Waals surface area contributed by atoms with E-state index >= 15 is 0 Å². The molecule has 1 amide bonds. The van der Waals surface area contributed by atoms with Gasteiger partial charge >= 0.3 is 12.4 Å². The van der Waals surface area contributed by atoms with Crippen molar-refractivity contribution in [2.75, 3.05) is 36.9 Å². The number of hydrogen-bond acceptors (Lipinski definition) is 9. The summed E-state index contributed by atoms with van der Waals surface area (Å²) in [5, 5.41) is 8.88. The molecule has 3 aromatic rings. The Balaban J connectivity index is 1.32. The van der Waals surface area contributed by atoms with E-state index in [1.807, 2.05) is 0 Å². The Hall–Kier alpha value is -3.95. The third-order valence-electron chi connectivity index (χ3n) is 5.51. The van der Waals surface area contributed by atoms with Crippen LogP contribution in [0, 0.1) is 12.8 Å². The average molecular weight is 545 g/mol. The third kappa shape index (κ3) is 7.08. The second-order valence-electron chi connectivity index (χ2n) is 8.54. The standard InChI is InChI=1S/C22H21F6N7O3/c1-12-18(20(38-34-12)33-16-8-29-15(7-30-16)22(26,27)28)19(36)32-14-2-3-17(31-6-14)37-10-13-4-5-35(9-13)11-21(23,24)25/h2-3,6-8,13H,4-5,9-11H2,1H3,(H,30,33)(H,32,36)/t13-/m1/s1. The van der Waals surface area contributed by atoms with Gasteiger partial charge in [-0.15, -0.1) is 0 Å². The summed E-state index contributed by atoms with van der Waals surface area (Å²) in [6, 6.07) is 3.01. The molecular weight excluding hydrogens is 524 g/mol. The van der Waals surface area contributed by atoms with Gasteiger partial charge < -0.3 is 19.9 Å². The smallest absolute Gasteiger partial charge is 0.434 e. The van der Waals surface area contributed by atoms with Crippen LogP contribution >= 0.6 is 0 Å². The Labute approximate surface area is 211 Å². The van der Waals surface area contributed by atoms with Crippen LogP contribution in [-0.4, -0.2) is 63.3 Å². The maximum Gasteiger partial charge on any atom is 0.434 e. The molecule has 1 aliphatic heterocycles. The van der Waals surface area contributed by atoms with Crippen molar-refractivity contribution < 1.29 is 40.4 Å². The molecular formula is C22H21F6N7O3. The predicted octanol–water partition coefficient (Wildman–Crippen LogP) is 4.45. The minimum absolute atomic E-state index is 0.0170. The monoisotopic (exact) mass is 545 g/mol. The van der Waals surface area contributed by atoms with E-state index < -0.39 is 30.5 Å². The zero-order valence-electron chi connectivity index (χ0n) is 19.7. The van der Waals surface area contributed by atoms with Gasteiger partial charge in [-0.2, -0.15) is 26.3 Å². The minimum Gasteiger partial charge on any atom is -0.477 e. The van der Waals surface area contributed by atoms with E-state index in [2.05, 4.69) is 30.7 Å². The van der Waals surface area contributed by atoms with Crippen LogP contribution in [0.1, 0.15) is 28.2 Å². The quantitative estimate of drug-likeness (QED) is 0.396. The fourth-order valence-electron chi connectivity index (χ4n) is 3.76. The topological polar surface area (TPSA) is 118 Å². The Morgan fingerprint density at radius 3 is 2.55 bits per heavy atom. The number of hydrogen-bond donors (Lipinski definition) is 2. The number of likely N-dealkylation sites (tertiary alicyclic amines) is 1. The van der Waals surface area contributed by atoms with Gasteiger partial charge in [-0.3, -0.25) is 9.69 Å². The summed E-state index contributed by atoms with van der Waals surface area (Å²) in [6.45, 7) is 1.37. The Morgan fingerprint density at radius 2 is 1.92 bits per heavy atom. The van der Waals surface area contributed by atoms with Crippen molar-refractivity contribution in [1.29, 1.82) is 0 Å². The number of aromatic nitrogens is 4. The van der Waals surface area contributed by atoms with Crippen molar-refractivity contribution in [2.45, 2.75) is 25.7 Å². The highest BCUT2D eigenvalue weighted by Gasteiger charge is 2.35. The van der Waals surface area contributed by atoms with E-state index in [0.717, 1.165) is 6.20 Å². The fourth-order valence-corrected chi connectivity index (χ4v) is 3.76. The number of halogens is 6. The molecule has 1 atom stereocenters. The summed E-state index contributed by atoms with van der Waals surface area (Å²) in [6.07, 6.45) is -5.61. The lowest BCUT2D eigenvalue weighted by Gasteiger charge is -2.17. The van der Waals surface area contributed by atoms with Crippen molar-refractivity contribution in [3.05, 3.63) is 47.7 Å². The first-order valence-electron chi connectivity index (χ1n) is 11.2. The van der Waals surface area contributed by atoms with Gasteiger partial charge in [0.25, 0.3) is 5.91 Å². The predicted molar refractivity (Wildman–Crippen MR) is 120 cm³/mol. The lowest BCUT2D eigenvalue weighted by Crippen LogP contribution is -2.32. The molecule has 3 aromatic heterocycles. The van der Waals surface area contributed by atoms with Crippen LogP contribution in [0.15, 0.2) is 35.2 Å². The van der Waals surface area contributed by atoms with E-state index in [-0.39, 0.29) is 47.9 Å². The highest BCUT2D eigenvalue weighted by Crippen LogP contribution is 2.29. The lowest BCUT2D eigenvalue weighted by atomic mass is 10.1. The van der Waals surface area contributed by atoms with Crippen LogP contribution in [0.5, 0.6) is 5.88 Å². The molecule has 10 nitrogen and oxygen atoms in total. The van der Waals surface area contributed by atoms with Gasteiger partial charge in [0.1, 0.15) is 5.56 Å². The Kier molecular flexibility index (Phi) is 7.71. The molecule has 1 saturated heterocycles. The molecule has 4 heterocycles. The summed E-state index contributed by atoms with van der Waals surface area (Å²) in [4.78, 5) is 25.2. The summed E-state index contributed by atoms with van der Waals surface area (Å²) < 4.78 is 86.3. The first-order chi connectivity index (χ1) is 17.9. The van der Waals surface area contributed by atoms with Crippen molar-refractivity contribution in [1.82, 2.24) is 25.0 Å². The molecule has 0 spiro atoms. The first-order valence-corrected chi connectivity index (χ1v) is 11.2. The van der Waals surface area contributed by atoms with E-state index in [1.54, 1.807) is 0 Å². The Bertz CT molecular complexity index is 1250. The molecule has 0 aliphatic carbocycles. The molecule has 204 valence electrons. The summed E-state index contributed by atoms with van der Waals surface area (Å²) in [5.41, 5.74) is -0.701. The van der Waals surface area contributed by atoms with Gasteiger partial charge in [-0.1, -0.05) is 5.16 Å². The molecule has 1 fully saturated rings. The number of carbonyl (C=O) groups is 1. The van der Waals surface area contributed by atoms with Crippen LogP contribution in [0.4, 0.5) is 43.7 Å². The molecule has 4 rings (SSSR count). The van der Waals surface area contributed by atoms with Crippen molar-refractivity contribution in [3.8, 4) is 5.88 Å². The summed E-state index contributed by atoms with van der Waals surface area (Å²) in [7, 11) is 0. The highest BCUT2D eigenvalue weighted by atomic mass is 19.4. The van der Waals surface area contributed by atoms with Gasteiger partial charge in [0.15, 0.2) is 11.5 Å². The molecule has 0 saturated carbocycles. The summed E-state index contributed by atoms with van der Waals surface area (Å²) in [5.74, 6) is -0.720. The molecule has 16 heteroatoms. The van der Waals surface area contributed by atoms with Crippen LogP contribution in [0.25, 0.3) is 0 Å². The molecule has 0 aromatic carbocycles. The van der Waals surface area contributed by atoms with Gasteiger partial charge in [0.05, 0.1) is 43.1 Å². The number of nitrogens with zero attached hydrogens (tertiary/aromatic N) is 5. The number of anilines is 3. The second kappa shape index (κ2) is 10.8. The SMILES string of the molecule is Cc1noc(Nc2cnc(C(F)(F)F)cn2)c1C(=O)Nc1ccc(OC[C@@H]2CCN(CC(F)(F)F)C2)nc1. The van der Waals surface area contributed by atoms with Crippen molar-refractivity contribution in [3.63, 3.8) is 0 Å². The van der Waals surface area contributed by atoms with E-state index in [1.165, 1.54) is 30.2 Å². The largest absolute Gasteiger partial charge is 0.477 e. The maximum atomic E-state index is 12.8. The third-order valence-corrected chi connectivity index (χ3v) is 5.51. The zero-order valence-corrected chi connectivity index (χ0v) is 19.7. The Morgan fingerprint density at radius 1 is 1.13 bits per heavy atom. The average Bonchev–Trinajstić information content (AvgIpc) is 3.43. The van der Waals surface area contributed by atoms with Crippen LogP contribution in [0.2, 0.25) is 0 Å². The zero-order chi connectivity index (χ0) is 27.5. The van der Waals surface area contributed by atoms with Crippen LogP contribution < -0.4 is 15.4 Å². The number of ether oxygens (including phenoxy) is 1. The first kappa shape index (κ1) is 27.1. The van der Waals surface area contributed by atoms with Crippen molar-refractivity contribution >= 4 is 23.3 Å². The number of alkyl halides is 6. The molecule has 0 unspecified atom stereocenters. The van der Waals surface area contributed by atoms with E-state index in [0.29, 0.717) is 24.8 Å². The number of pyridine rings is 1.